The third kappa shape index (κ3) is 2.12. The van der Waals surface area contributed by atoms with E-state index in [1.54, 1.807) is 0 Å². The summed E-state index contributed by atoms with van der Waals surface area (Å²) in [5.41, 5.74) is 1.95. The van der Waals surface area contributed by atoms with Crippen LogP contribution in [0.1, 0.15) is 25.2 Å². The Morgan fingerprint density at radius 1 is 1.14 bits per heavy atom. The number of imidazole rings is 1. The molecule has 0 aliphatic rings. The highest BCUT2D eigenvalue weighted by atomic mass is 79.9. The van der Waals surface area contributed by atoms with E-state index in [1.165, 1.54) is 0 Å². The van der Waals surface area contributed by atoms with E-state index in [1.807, 2.05) is 44.5 Å². The Kier molecular flexibility index (Phi) is 3.63. The Labute approximate surface area is 92.3 Å². The van der Waals surface area contributed by atoms with Gasteiger partial charge in [-0.15, -0.1) is 0 Å². The average Bonchev–Trinajstić information content (AvgIpc) is 2.49. The highest BCUT2D eigenvalue weighted by Gasteiger charge is 2.01. The summed E-state index contributed by atoms with van der Waals surface area (Å²) in [6.45, 7) is 7.91. The number of hydrogen-bond donors (Lipinski definition) is 0. The van der Waals surface area contributed by atoms with Crippen molar-refractivity contribution in [2.24, 2.45) is 0 Å². The standard InChI is InChI=1S/C8H8BrN3.C2H6/c1-5-3-12-4-7(9)6(2)11-8(12)10-5;1-2/h3-4H,1-2H3;1-2H3. The van der Waals surface area contributed by atoms with Crippen molar-refractivity contribution in [2.75, 3.05) is 0 Å². The van der Waals surface area contributed by atoms with Gasteiger partial charge in [0.1, 0.15) is 0 Å². The summed E-state index contributed by atoms with van der Waals surface area (Å²) < 4.78 is 2.92. The van der Waals surface area contributed by atoms with E-state index in [4.69, 9.17) is 0 Å². The molecule has 0 aliphatic heterocycles. The molecule has 2 aromatic heterocycles. The molecular weight excluding hydrogens is 242 g/mol. The van der Waals surface area contributed by atoms with Gasteiger partial charge in [0.2, 0.25) is 5.78 Å². The van der Waals surface area contributed by atoms with Gasteiger partial charge in [-0.25, -0.2) is 9.97 Å². The molecule has 0 unspecified atom stereocenters. The first-order valence-electron chi connectivity index (χ1n) is 4.65. The van der Waals surface area contributed by atoms with E-state index in [0.717, 1.165) is 21.6 Å². The van der Waals surface area contributed by atoms with Crippen LogP contribution in [-0.4, -0.2) is 14.4 Å². The lowest BCUT2D eigenvalue weighted by Crippen LogP contribution is -1.91. The van der Waals surface area contributed by atoms with Crippen LogP contribution >= 0.6 is 15.9 Å². The number of nitrogens with zero attached hydrogens (tertiary/aromatic N) is 3. The lowest BCUT2D eigenvalue weighted by Gasteiger charge is -1.96. The van der Waals surface area contributed by atoms with E-state index in [2.05, 4.69) is 25.9 Å². The zero-order valence-corrected chi connectivity index (χ0v) is 10.5. The Bertz CT molecular complexity index is 395. The maximum absolute atomic E-state index is 4.30. The Hall–Kier alpha value is -0.900. The molecule has 0 spiro atoms. The van der Waals surface area contributed by atoms with Crippen molar-refractivity contribution < 1.29 is 0 Å². The second-order valence-electron chi connectivity index (χ2n) is 2.76. The summed E-state index contributed by atoms with van der Waals surface area (Å²) in [6, 6.07) is 0. The molecule has 0 saturated carbocycles. The molecule has 0 fully saturated rings. The number of fused-ring (bicyclic) bond motifs is 1. The van der Waals surface area contributed by atoms with Crippen LogP contribution in [0.4, 0.5) is 0 Å². The fraction of sp³-hybridized carbons (Fsp3) is 0.400. The van der Waals surface area contributed by atoms with Gasteiger partial charge >= 0.3 is 0 Å². The molecule has 0 saturated heterocycles. The van der Waals surface area contributed by atoms with E-state index >= 15 is 0 Å². The molecule has 0 N–H and O–H groups in total. The van der Waals surface area contributed by atoms with Crippen molar-refractivity contribution in [3.8, 4) is 0 Å². The quantitative estimate of drug-likeness (QED) is 0.724. The zero-order valence-electron chi connectivity index (χ0n) is 8.87. The molecule has 3 nitrogen and oxygen atoms in total. The van der Waals surface area contributed by atoms with E-state index in [0.29, 0.717) is 0 Å². The lowest BCUT2D eigenvalue weighted by atomic mass is 10.5. The number of halogens is 1. The number of rotatable bonds is 0. The topological polar surface area (TPSA) is 30.2 Å². The van der Waals surface area contributed by atoms with E-state index in [9.17, 15) is 0 Å². The Morgan fingerprint density at radius 2 is 1.79 bits per heavy atom. The second-order valence-corrected chi connectivity index (χ2v) is 3.62. The molecule has 2 aromatic rings. The summed E-state index contributed by atoms with van der Waals surface area (Å²) in [5.74, 6) is 0.758. The van der Waals surface area contributed by atoms with E-state index < -0.39 is 0 Å². The minimum absolute atomic E-state index is 0.758. The third-order valence-corrected chi connectivity index (χ3v) is 2.48. The van der Waals surface area contributed by atoms with Gasteiger partial charge in [0.05, 0.1) is 15.9 Å². The SMILES string of the molecule is CC.Cc1cn2cc(Br)c(C)nc2n1. The molecular formula is C10H14BrN3. The summed E-state index contributed by atoms with van der Waals surface area (Å²) in [7, 11) is 0. The Balaban J connectivity index is 0.000000461. The van der Waals surface area contributed by atoms with Gasteiger partial charge in [0.15, 0.2) is 0 Å². The molecule has 76 valence electrons. The first-order valence-corrected chi connectivity index (χ1v) is 5.44. The van der Waals surface area contributed by atoms with Gasteiger partial charge in [0, 0.05) is 12.4 Å². The molecule has 0 amide bonds. The smallest absolute Gasteiger partial charge is 0.234 e. The number of aryl methyl sites for hydroxylation is 2. The van der Waals surface area contributed by atoms with Gasteiger partial charge in [-0.2, -0.15) is 0 Å². The number of aromatic nitrogens is 3. The predicted octanol–water partition coefficient (Wildman–Crippen LogP) is 3.13. The second kappa shape index (κ2) is 4.55. The molecule has 14 heavy (non-hydrogen) atoms. The molecule has 0 atom stereocenters. The molecule has 0 aliphatic carbocycles. The minimum Gasteiger partial charge on any atom is -0.290 e. The Morgan fingerprint density at radius 3 is 2.43 bits per heavy atom. The minimum atomic E-state index is 0.758. The van der Waals surface area contributed by atoms with E-state index in [-0.39, 0.29) is 0 Å². The summed E-state index contributed by atoms with van der Waals surface area (Å²) in [4.78, 5) is 8.55. The third-order valence-electron chi connectivity index (χ3n) is 1.70. The first-order chi connectivity index (χ1) is 6.66. The van der Waals surface area contributed by atoms with Gasteiger partial charge in [-0.1, -0.05) is 13.8 Å². The molecule has 2 rings (SSSR count). The first kappa shape index (κ1) is 11.2. The van der Waals surface area contributed by atoms with Crippen LogP contribution in [0.2, 0.25) is 0 Å². The van der Waals surface area contributed by atoms with Crippen molar-refractivity contribution in [3.63, 3.8) is 0 Å². The highest BCUT2D eigenvalue weighted by molar-refractivity contribution is 9.10. The molecule has 0 aromatic carbocycles. The maximum atomic E-state index is 4.30. The highest BCUT2D eigenvalue weighted by Crippen LogP contribution is 2.14. The van der Waals surface area contributed by atoms with Gasteiger partial charge < -0.3 is 0 Å². The van der Waals surface area contributed by atoms with Crippen LogP contribution in [-0.2, 0) is 0 Å². The van der Waals surface area contributed by atoms with Crippen LogP contribution < -0.4 is 0 Å². The van der Waals surface area contributed by atoms with Crippen molar-refractivity contribution >= 4 is 21.7 Å². The molecule has 4 heteroatoms. The molecule has 0 radical (unpaired) electrons. The van der Waals surface area contributed by atoms with Crippen LogP contribution in [0.3, 0.4) is 0 Å². The largest absolute Gasteiger partial charge is 0.290 e. The van der Waals surface area contributed by atoms with Gasteiger partial charge in [-0.05, 0) is 29.8 Å². The zero-order chi connectivity index (χ0) is 10.7. The fourth-order valence-electron chi connectivity index (χ4n) is 1.10. The molecule has 0 bridgehead atoms. The van der Waals surface area contributed by atoms with Crippen molar-refractivity contribution in [1.82, 2.24) is 14.4 Å². The fourth-order valence-corrected chi connectivity index (χ4v) is 1.41. The normalized spacial score (nSPS) is 9.79. The lowest BCUT2D eigenvalue weighted by molar-refractivity contribution is 1.05. The molecule has 2 heterocycles. The van der Waals surface area contributed by atoms with Crippen LogP contribution in [0.5, 0.6) is 0 Å². The van der Waals surface area contributed by atoms with Crippen molar-refractivity contribution in [1.29, 1.82) is 0 Å². The summed E-state index contributed by atoms with van der Waals surface area (Å²) in [6.07, 6.45) is 3.92. The summed E-state index contributed by atoms with van der Waals surface area (Å²) >= 11 is 3.41. The van der Waals surface area contributed by atoms with Crippen LogP contribution in [0.15, 0.2) is 16.9 Å². The maximum Gasteiger partial charge on any atom is 0.234 e. The predicted molar refractivity (Wildman–Crippen MR) is 61.5 cm³/mol. The van der Waals surface area contributed by atoms with Crippen LogP contribution in [0, 0.1) is 13.8 Å². The summed E-state index contributed by atoms with van der Waals surface area (Å²) in [5, 5.41) is 0. The average molecular weight is 256 g/mol. The number of hydrogen-bond acceptors (Lipinski definition) is 2. The van der Waals surface area contributed by atoms with Crippen molar-refractivity contribution in [3.05, 3.63) is 28.3 Å². The van der Waals surface area contributed by atoms with Crippen LogP contribution in [0.25, 0.3) is 5.78 Å². The monoisotopic (exact) mass is 255 g/mol. The van der Waals surface area contributed by atoms with Crippen molar-refractivity contribution in [2.45, 2.75) is 27.7 Å². The van der Waals surface area contributed by atoms with Gasteiger partial charge in [0.25, 0.3) is 0 Å². The van der Waals surface area contributed by atoms with Gasteiger partial charge in [-0.3, -0.25) is 4.40 Å².